The van der Waals surface area contributed by atoms with Gasteiger partial charge in [0, 0.05) is 23.6 Å². The van der Waals surface area contributed by atoms with Crippen LogP contribution in [-0.4, -0.2) is 19.9 Å². The smallest absolute Gasteiger partial charge is 0.240 e. The number of hydrogen-bond acceptors (Lipinski definition) is 4. The van der Waals surface area contributed by atoms with Crippen molar-refractivity contribution in [1.82, 2.24) is 9.71 Å². The fraction of sp³-hybridized carbons (Fsp3) is 0.211. The van der Waals surface area contributed by atoms with Crippen LogP contribution in [0.5, 0.6) is 0 Å². The molecule has 7 heteroatoms. The van der Waals surface area contributed by atoms with Gasteiger partial charge in [-0.05, 0) is 44.2 Å². The van der Waals surface area contributed by atoms with Crippen LogP contribution in [0, 0.1) is 13.8 Å². The van der Waals surface area contributed by atoms with Crippen molar-refractivity contribution in [2.75, 3.05) is 6.54 Å². The molecule has 26 heavy (non-hydrogen) atoms. The lowest BCUT2D eigenvalue weighted by molar-refractivity contribution is 0.538. The molecule has 136 valence electrons. The Morgan fingerprint density at radius 3 is 2.54 bits per heavy atom. The first-order chi connectivity index (χ1) is 12.3. The van der Waals surface area contributed by atoms with Crippen LogP contribution in [0.15, 0.2) is 57.8 Å². The van der Waals surface area contributed by atoms with E-state index in [9.17, 15) is 8.42 Å². The predicted molar refractivity (Wildman–Crippen MR) is 102 cm³/mol. The molecule has 0 aliphatic heterocycles. The second-order valence-electron chi connectivity index (χ2n) is 5.99. The number of hydrogen-bond donors (Lipinski definition) is 1. The van der Waals surface area contributed by atoms with Gasteiger partial charge in [-0.1, -0.05) is 35.4 Å². The van der Waals surface area contributed by atoms with E-state index in [0.29, 0.717) is 23.1 Å². The minimum Gasteiger partial charge on any atom is -0.441 e. The number of benzene rings is 2. The van der Waals surface area contributed by atoms with Crippen molar-refractivity contribution in [2.45, 2.75) is 25.2 Å². The second-order valence-corrected chi connectivity index (χ2v) is 8.20. The predicted octanol–water partition coefficient (Wildman–Crippen LogP) is 4.13. The van der Waals surface area contributed by atoms with Crippen LogP contribution in [0.25, 0.3) is 11.5 Å². The first-order valence-corrected chi connectivity index (χ1v) is 10.00. The molecule has 1 N–H and O–H groups in total. The summed E-state index contributed by atoms with van der Waals surface area (Å²) in [6, 6.07) is 14.0. The van der Waals surface area contributed by atoms with Gasteiger partial charge in [0.15, 0.2) is 0 Å². The van der Waals surface area contributed by atoms with E-state index in [1.54, 1.807) is 12.1 Å². The number of nitrogens with one attached hydrogen (secondary N) is 1. The molecule has 0 saturated carbocycles. The average molecular weight is 391 g/mol. The highest BCUT2D eigenvalue weighted by Gasteiger charge is 2.16. The van der Waals surface area contributed by atoms with Crippen LogP contribution in [0.4, 0.5) is 0 Å². The molecular weight excluding hydrogens is 372 g/mol. The number of oxazole rings is 1. The summed E-state index contributed by atoms with van der Waals surface area (Å²) in [5.41, 5.74) is 2.78. The van der Waals surface area contributed by atoms with Gasteiger partial charge in [0.2, 0.25) is 15.9 Å². The first-order valence-electron chi connectivity index (χ1n) is 8.14. The highest BCUT2D eigenvalue weighted by atomic mass is 35.5. The van der Waals surface area contributed by atoms with E-state index in [0.717, 1.165) is 16.8 Å². The molecule has 3 rings (SSSR count). The van der Waals surface area contributed by atoms with Crippen molar-refractivity contribution in [1.29, 1.82) is 0 Å². The van der Waals surface area contributed by atoms with E-state index in [1.807, 2.05) is 38.1 Å². The molecule has 0 unspecified atom stereocenters. The minimum atomic E-state index is -3.61. The summed E-state index contributed by atoms with van der Waals surface area (Å²) in [6.45, 7) is 4.06. The van der Waals surface area contributed by atoms with Crippen LogP contribution < -0.4 is 4.72 Å². The quantitative estimate of drug-likeness (QED) is 0.686. The van der Waals surface area contributed by atoms with E-state index in [4.69, 9.17) is 16.0 Å². The lowest BCUT2D eigenvalue weighted by atomic mass is 10.1. The Labute approximate surface area is 158 Å². The summed E-state index contributed by atoms with van der Waals surface area (Å²) in [5.74, 6) is 1.22. The van der Waals surface area contributed by atoms with Crippen molar-refractivity contribution in [3.05, 3.63) is 70.6 Å². The highest BCUT2D eigenvalue weighted by molar-refractivity contribution is 7.89. The Kier molecular flexibility index (Phi) is 5.46. The fourth-order valence-electron chi connectivity index (χ4n) is 2.50. The molecule has 0 bridgehead atoms. The number of aryl methyl sites for hydroxylation is 2. The van der Waals surface area contributed by atoms with Crippen LogP contribution >= 0.6 is 11.6 Å². The lowest BCUT2D eigenvalue weighted by Gasteiger charge is -2.06. The molecule has 0 radical (unpaired) electrons. The summed E-state index contributed by atoms with van der Waals surface area (Å²) in [4.78, 5) is 4.63. The molecule has 0 spiro atoms. The maximum absolute atomic E-state index is 12.3. The highest BCUT2D eigenvalue weighted by Crippen LogP contribution is 2.22. The zero-order valence-electron chi connectivity index (χ0n) is 14.5. The molecule has 2 aromatic carbocycles. The van der Waals surface area contributed by atoms with Crippen LogP contribution in [0.3, 0.4) is 0 Å². The molecule has 1 aromatic heterocycles. The van der Waals surface area contributed by atoms with E-state index in [-0.39, 0.29) is 11.4 Å². The Balaban J connectivity index is 1.68. The number of halogens is 1. The SMILES string of the molecule is Cc1ccc(-c2nc(CCNS(=O)(=O)c3cccc(Cl)c3)c(C)o2)cc1. The van der Waals surface area contributed by atoms with Crippen molar-refractivity contribution < 1.29 is 12.8 Å². The van der Waals surface area contributed by atoms with Gasteiger partial charge in [-0.3, -0.25) is 0 Å². The largest absolute Gasteiger partial charge is 0.441 e. The molecule has 5 nitrogen and oxygen atoms in total. The molecule has 0 saturated heterocycles. The Morgan fingerprint density at radius 2 is 1.85 bits per heavy atom. The normalized spacial score (nSPS) is 11.7. The summed E-state index contributed by atoms with van der Waals surface area (Å²) >= 11 is 5.86. The third-order valence-electron chi connectivity index (χ3n) is 3.95. The molecular formula is C19H19ClN2O3S. The number of nitrogens with zero attached hydrogens (tertiary/aromatic N) is 1. The van der Waals surface area contributed by atoms with Gasteiger partial charge in [0.05, 0.1) is 10.6 Å². The third-order valence-corrected chi connectivity index (χ3v) is 5.65. The van der Waals surface area contributed by atoms with Gasteiger partial charge in [-0.15, -0.1) is 0 Å². The summed E-state index contributed by atoms with van der Waals surface area (Å²) in [6.07, 6.45) is 0.432. The number of sulfonamides is 1. The van der Waals surface area contributed by atoms with Gasteiger partial charge in [-0.25, -0.2) is 18.1 Å². The molecule has 0 aliphatic carbocycles. The average Bonchev–Trinajstić information content (AvgIpc) is 2.96. The Morgan fingerprint density at radius 1 is 1.12 bits per heavy atom. The lowest BCUT2D eigenvalue weighted by Crippen LogP contribution is -2.26. The topological polar surface area (TPSA) is 72.2 Å². The first kappa shape index (κ1) is 18.6. The van der Waals surface area contributed by atoms with E-state index in [1.165, 1.54) is 12.1 Å². The Hall–Kier alpha value is -2.15. The molecule has 0 fully saturated rings. The number of aromatic nitrogens is 1. The fourth-order valence-corrected chi connectivity index (χ4v) is 3.83. The number of rotatable bonds is 6. The van der Waals surface area contributed by atoms with Crippen LogP contribution in [0.2, 0.25) is 5.02 Å². The minimum absolute atomic E-state index is 0.141. The van der Waals surface area contributed by atoms with Crippen molar-refractivity contribution >= 4 is 21.6 Å². The summed E-state index contributed by atoms with van der Waals surface area (Å²) in [5, 5.41) is 0.378. The Bertz CT molecular complexity index is 1010. The van der Waals surface area contributed by atoms with E-state index >= 15 is 0 Å². The maximum Gasteiger partial charge on any atom is 0.240 e. The van der Waals surface area contributed by atoms with Gasteiger partial charge in [0.25, 0.3) is 0 Å². The van der Waals surface area contributed by atoms with Gasteiger partial charge in [-0.2, -0.15) is 0 Å². The zero-order chi connectivity index (χ0) is 18.7. The van der Waals surface area contributed by atoms with Crippen LogP contribution in [0.1, 0.15) is 17.0 Å². The molecule has 0 aliphatic rings. The van der Waals surface area contributed by atoms with E-state index in [2.05, 4.69) is 9.71 Å². The van der Waals surface area contributed by atoms with Gasteiger partial charge in [0.1, 0.15) is 5.76 Å². The molecule has 0 amide bonds. The molecule has 0 atom stereocenters. The van der Waals surface area contributed by atoms with Gasteiger partial charge >= 0.3 is 0 Å². The summed E-state index contributed by atoms with van der Waals surface area (Å²) in [7, 11) is -3.61. The van der Waals surface area contributed by atoms with Gasteiger partial charge < -0.3 is 4.42 Å². The van der Waals surface area contributed by atoms with E-state index < -0.39 is 10.0 Å². The van der Waals surface area contributed by atoms with Crippen molar-refractivity contribution in [2.24, 2.45) is 0 Å². The third kappa shape index (κ3) is 4.33. The molecule has 1 heterocycles. The zero-order valence-corrected chi connectivity index (χ0v) is 16.1. The molecule has 3 aromatic rings. The summed E-state index contributed by atoms with van der Waals surface area (Å²) < 4.78 is 32.9. The van der Waals surface area contributed by atoms with Crippen molar-refractivity contribution in [3.63, 3.8) is 0 Å². The monoisotopic (exact) mass is 390 g/mol. The van der Waals surface area contributed by atoms with Crippen LogP contribution in [-0.2, 0) is 16.4 Å². The standard InChI is InChI=1S/C19H19ClN2O3S/c1-13-6-8-15(9-7-13)19-22-18(14(2)25-19)10-11-21-26(23,24)17-5-3-4-16(20)12-17/h3-9,12,21H,10-11H2,1-2H3. The maximum atomic E-state index is 12.3. The van der Waals surface area contributed by atoms with Crippen molar-refractivity contribution in [3.8, 4) is 11.5 Å². The second kappa shape index (κ2) is 7.61.